The van der Waals surface area contributed by atoms with Gasteiger partial charge in [-0.15, -0.1) is 0 Å². The maximum atomic E-state index is 10.9. The Balaban J connectivity index is 0. The largest absolute Gasteiger partial charge is 0.550 e. The minimum Gasteiger partial charge on any atom is -0.550 e. The molecule has 0 aliphatic heterocycles. The number of aliphatic carboxylic acids is 1. The number of esters is 1. The van der Waals surface area contributed by atoms with Gasteiger partial charge < -0.3 is 14.6 Å². The fourth-order valence-electron chi connectivity index (χ4n) is 0.942. The van der Waals surface area contributed by atoms with Crippen molar-refractivity contribution in [3.05, 3.63) is 18.1 Å². The van der Waals surface area contributed by atoms with E-state index in [1.165, 1.54) is 0 Å². The number of carboxylic acid groups (broad SMARTS) is 1. The van der Waals surface area contributed by atoms with Crippen molar-refractivity contribution in [2.24, 2.45) is 5.41 Å². The van der Waals surface area contributed by atoms with Crippen molar-refractivity contribution in [1.82, 2.24) is 0 Å². The van der Waals surface area contributed by atoms with Gasteiger partial charge in [-0.25, -0.2) is 4.79 Å². The first-order valence-corrected chi connectivity index (χ1v) is 5.71. The van der Waals surface area contributed by atoms with Gasteiger partial charge in [-0.3, -0.25) is 0 Å². The average Bonchev–Trinajstić information content (AvgIpc) is 2.70. The molecule has 5 heteroatoms. The molecule has 18 heavy (non-hydrogen) atoms. The van der Waals surface area contributed by atoms with Gasteiger partial charge in [-0.1, -0.05) is 26.8 Å². The first-order chi connectivity index (χ1) is 7.79. The van der Waals surface area contributed by atoms with Gasteiger partial charge in [-0.2, -0.15) is 0 Å². The molecule has 0 heterocycles. The molecule has 1 aliphatic rings. The minimum atomic E-state index is -1.01. The molecule has 1 rings (SSSR count). The summed E-state index contributed by atoms with van der Waals surface area (Å²) in [6.07, 6.45) is 5.79. The number of hydrogen-bond acceptors (Lipinski definition) is 4. The first kappa shape index (κ1) is 19.6. The van der Waals surface area contributed by atoms with Crippen LogP contribution in [0.15, 0.2) is 11.6 Å². The fourth-order valence-corrected chi connectivity index (χ4v) is 0.942. The van der Waals surface area contributed by atoms with Crippen molar-refractivity contribution in [1.29, 1.82) is 0 Å². The van der Waals surface area contributed by atoms with Gasteiger partial charge in [0.1, 0.15) is 0 Å². The van der Waals surface area contributed by atoms with Gasteiger partial charge in [0.25, 0.3) is 0 Å². The van der Waals surface area contributed by atoms with Crippen molar-refractivity contribution in [2.45, 2.75) is 40.5 Å². The summed E-state index contributed by atoms with van der Waals surface area (Å²) < 4.78 is 4.79. The van der Waals surface area contributed by atoms with Gasteiger partial charge in [0, 0.05) is 36.4 Å². The summed E-state index contributed by atoms with van der Waals surface area (Å²) in [5.74, 6) is -1.19. The Labute approximate surface area is 122 Å². The third kappa shape index (κ3) is 8.40. The summed E-state index contributed by atoms with van der Waals surface area (Å²) >= 11 is 0. The minimum absolute atomic E-state index is 0. The number of carboxylic acids is 1. The molecule has 0 atom stereocenters. The van der Waals surface area contributed by atoms with Crippen molar-refractivity contribution >= 4 is 11.9 Å². The smallest absolute Gasteiger partial charge is 0.333 e. The zero-order valence-electron chi connectivity index (χ0n) is 11.6. The van der Waals surface area contributed by atoms with E-state index >= 15 is 0 Å². The summed E-state index contributed by atoms with van der Waals surface area (Å²) in [4.78, 5) is 20.8. The van der Waals surface area contributed by atoms with E-state index in [-0.39, 0.29) is 25.4 Å². The van der Waals surface area contributed by atoms with Crippen LogP contribution in [0.3, 0.4) is 0 Å². The molecular formula is C13H20O4Zn-. The predicted molar refractivity (Wildman–Crippen MR) is 62.7 cm³/mol. The van der Waals surface area contributed by atoms with E-state index in [2.05, 4.69) is 0 Å². The van der Waals surface area contributed by atoms with Gasteiger partial charge in [-0.05, 0) is 26.2 Å². The molecule has 0 aromatic carbocycles. The topological polar surface area (TPSA) is 66.4 Å². The van der Waals surface area contributed by atoms with Crippen molar-refractivity contribution in [3.8, 4) is 0 Å². The zero-order chi connectivity index (χ0) is 13.5. The van der Waals surface area contributed by atoms with Gasteiger partial charge >= 0.3 is 5.97 Å². The molecule has 0 amide bonds. The van der Waals surface area contributed by atoms with E-state index < -0.39 is 11.4 Å². The van der Waals surface area contributed by atoms with Crippen LogP contribution >= 0.6 is 0 Å². The summed E-state index contributed by atoms with van der Waals surface area (Å²) in [5, 5.41) is 9.91. The Morgan fingerprint density at radius 3 is 2.11 bits per heavy atom. The van der Waals surface area contributed by atoms with Crippen LogP contribution in [0.4, 0.5) is 0 Å². The quantitative estimate of drug-likeness (QED) is 0.569. The summed E-state index contributed by atoms with van der Waals surface area (Å²) in [6.45, 7) is 7.07. The standard InChI is InChI=1S/C8H11O2.C5H10O2.Zn/c1-2-10-8(9)7-5-3-4-6-7;1-5(2,3)4(6)7;/h5-6H,2-4H2,1H3;1-3H3,(H,6,7);/p-1. The van der Waals surface area contributed by atoms with E-state index in [1.54, 1.807) is 20.8 Å². The Kier molecular flexibility index (Phi) is 10.1. The maximum Gasteiger partial charge on any atom is 0.333 e. The molecule has 0 fully saturated rings. The molecule has 0 aromatic rings. The molecule has 0 aromatic heterocycles. The molecule has 0 saturated heterocycles. The number of rotatable bonds is 2. The number of allylic oxidation sites excluding steroid dienone is 1. The van der Waals surface area contributed by atoms with E-state index in [0.29, 0.717) is 6.61 Å². The molecule has 1 aliphatic carbocycles. The van der Waals surface area contributed by atoms with Crippen molar-refractivity contribution in [2.75, 3.05) is 6.61 Å². The summed E-state index contributed by atoms with van der Waals surface area (Å²) in [5.41, 5.74) is 0.0434. The second-order valence-electron chi connectivity index (χ2n) is 4.70. The van der Waals surface area contributed by atoms with E-state index in [9.17, 15) is 14.7 Å². The summed E-state index contributed by atoms with van der Waals surface area (Å²) in [6, 6.07) is 0. The average molecular weight is 306 g/mol. The van der Waals surface area contributed by atoms with Crippen LogP contribution in [0.1, 0.15) is 40.5 Å². The second kappa shape index (κ2) is 9.26. The van der Waals surface area contributed by atoms with Crippen molar-refractivity contribution in [3.63, 3.8) is 0 Å². The van der Waals surface area contributed by atoms with E-state index in [1.807, 2.05) is 19.4 Å². The van der Waals surface area contributed by atoms with Crippen LogP contribution in [0, 0.1) is 11.8 Å². The van der Waals surface area contributed by atoms with Crippen LogP contribution in [-0.2, 0) is 33.8 Å². The summed E-state index contributed by atoms with van der Waals surface area (Å²) in [7, 11) is 0. The number of ether oxygens (including phenoxy) is 1. The van der Waals surface area contributed by atoms with Crippen LogP contribution in [0.2, 0.25) is 0 Å². The monoisotopic (exact) mass is 304 g/mol. The molecule has 0 spiro atoms. The molecule has 4 nitrogen and oxygen atoms in total. The van der Waals surface area contributed by atoms with Crippen LogP contribution in [0.25, 0.3) is 0 Å². The Morgan fingerprint density at radius 1 is 1.33 bits per heavy atom. The third-order valence-electron chi connectivity index (χ3n) is 2.02. The van der Waals surface area contributed by atoms with E-state index in [4.69, 9.17) is 4.74 Å². The Morgan fingerprint density at radius 2 is 1.83 bits per heavy atom. The van der Waals surface area contributed by atoms with Crippen LogP contribution in [0.5, 0.6) is 0 Å². The molecule has 0 bridgehead atoms. The molecule has 0 unspecified atom stereocenters. The Bertz CT molecular complexity index is 303. The first-order valence-electron chi connectivity index (χ1n) is 5.71. The van der Waals surface area contributed by atoms with Crippen LogP contribution in [-0.4, -0.2) is 18.5 Å². The number of carbonyl (C=O) groups excluding carboxylic acids is 2. The second-order valence-corrected chi connectivity index (χ2v) is 4.70. The molecule has 99 valence electrons. The number of hydrogen-bond donors (Lipinski definition) is 0. The normalized spacial score (nSPS) is 13.7. The van der Waals surface area contributed by atoms with Gasteiger partial charge in [0.05, 0.1) is 6.61 Å². The van der Waals surface area contributed by atoms with E-state index in [0.717, 1.165) is 18.4 Å². The Hall–Kier alpha value is -0.697. The fraction of sp³-hybridized carbons (Fsp3) is 0.615. The third-order valence-corrected chi connectivity index (χ3v) is 2.02. The molecule has 0 N–H and O–H groups in total. The van der Waals surface area contributed by atoms with Gasteiger partial charge in [0.2, 0.25) is 0 Å². The SMILES string of the molecule is CC(C)(C)C(=O)[O-].CCOC(=O)C1=CCC[CH]1.[Zn]. The zero-order valence-corrected chi connectivity index (χ0v) is 14.6. The maximum absolute atomic E-state index is 10.9. The number of carbonyl (C=O) groups is 2. The van der Waals surface area contributed by atoms with Gasteiger partial charge in [0.15, 0.2) is 0 Å². The van der Waals surface area contributed by atoms with Crippen LogP contribution < -0.4 is 5.11 Å². The molecular weight excluding hydrogens is 286 g/mol. The predicted octanol–water partition coefficient (Wildman–Crippen LogP) is 1.25. The molecule has 1 radical (unpaired) electrons. The molecule has 0 saturated carbocycles. The van der Waals surface area contributed by atoms with Crippen molar-refractivity contribution < 1.29 is 38.9 Å².